The van der Waals surface area contributed by atoms with Crippen molar-refractivity contribution >= 4 is 23.7 Å². The van der Waals surface area contributed by atoms with Crippen LogP contribution in [0.15, 0.2) is 109 Å². The van der Waals surface area contributed by atoms with Crippen LogP contribution < -0.4 is 5.73 Å². The van der Waals surface area contributed by atoms with Crippen LogP contribution in [-0.2, 0) is 37.0 Å². The highest BCUT2D eigenvalue weighted by atomic mass is 16.5. The molecule has 0 unspecified atom stereocenters. The average Bonchev–Trinajstić information content (AvgIpc) is 3.02. The molecular weight excluding hydrogens is 530 g/mol. The third-order valence-electron chi connectivity index (χ3n) is 6.37. The standard InChI is InChI=1S/C18H19NO3.C16H16N2O2/c1-3-22-18(21)17(20)19(2)13-15-11-7-8-12-16(15)14-9-5-4-6-10-14;1-18(16(20)15(17)19)11-13-9-5-6-10-14(13)12-7-3-2-4-8-12/h4-12H,3,13H2,1-2H3;2-10H,11H2,1H3,(H2,17,19). The van der Waals surface area contributed by atoms with Crippen LogP contribution in [-0.4, -0.2) is 54.2 Å². The van der Waals surface area contributed by atoms with Crippen molar-refractivity contribution in [3.05, 3.63) is 120 Å². The molecule has 0 radical (unpaired) electrons. The summed E-state index contributed by atoms with van der Waals surface area (Å²) in [6.07, 6.45) is 0. The van der Waals surface area contributed by atoms with Crippen LogP contribution in [0, 0.1) is 0 Å². The summed E-state index contributed by atoms with van der Waals surface area (Å²) < 4.78 is 4.75. The number of ether oxygens (including phenoxy) is 1. The first kappa shape index (κ1) is 31.3. The molecule has 0 atom stereocenters. The molecule has 0 aliphatic rings. The van der Waals surface area contributed by atoms with Gasteiger partial charge < -0.3 is 20.3 Å². The number of rotatable bonds is 7. The zero-order chi connectivity index (χ0) is 30.5. The third-order valence-corrected chi connectivity index (χ3v) is 6.37. The fourth-order valence-corrected chi connectivity index (χ4v) is 4.31. The molecule has 4 aromatic carbocycles. The van der Waals surface area contributed by atoms with Crippen LogP contribution in [0.25, 0.3) is 22.3 Å². The molecule has 0 saturated carbocycles. The Balaban J connectivity index is 0.000000231. The highest BCUT2D eigenvalue weighted by molar-refractivity contribution is 6.34. The van der Waals surface area contributed by atoms with E-state index in [2.05, 4.69) is 0 Å². The van der Waals surface area contributed by atoms with Gasteiger partial charge in [0, 0.05) is 27.2 Å². The second-order valence-corrected chi connectivity index (χ2v) is 9.45. The average molecular weight is 566 g/mol. The number of esters is 1. The summed E-state index contributed by atoms with van der Waals surface area (Å²) in [5, 5.41) is 0. The van der Waals surface area contributed by atoms with Gasteiger partial charge in [0.2, 0.25) is 0 Å². The normalized spacial score (nSPS) is 10.1. The van der Waals surface area contributed by atoms with Crippen LogP contribution in [0.5, 0.6) is 0 Å². The van der Waals surface area contributed by atoms with Gasteiger partial charge in [0.05, 0.1) is 6.61 Å². The zero-order valence-electron chi connectivity index (χ0n) is 24.0. The van der Waals surface area contributed by atoms with E-state index in [1.54, 1.807) is 21.0 Å². The lowest BCUT2D eigenvalue weighted by Crippen LogP contribution is -2.37. The molecule has 0 spiro atoms. The second-order valence-electron chi connectivity index (χ2n) is 9.45. The molecule has 4 aromatic rings. The molecular formula is C34H35N3O5. The van der Waals surface area contributed by atoms with Gasteiger partial charge in [0.25, 0.3) is 0 Å². The van der Waals surface area contributed by atoms with E-state index in [4.69, 9.17) is 10.5 Å². The Morgan fingerprint density at radius 3 is 1.38 bits per heavy atom. The quantitative estimate of drug-likeness (QED) is 0.259. The fraction of sp³-hybridized carbons (Fsp3) is 0.176. The second kappa shape index (κ2) is 15.5. The monoisotopic (exact) mass is 565 g/mol. The molecule has 3 amide bonds. The number of primary amides is 1. The summed E-state index contributed by atoms with van der Waals surface area (Å²) in [5.41, 5.74) is 11.2. The van der Waals surface area contributed by atoms with Crippen LogP contribution in [0.4, 0.5) is 0 Å². The van der Waals surface area contributed by atoms with E-state index in [9.17, 15) is 19.2 Å². The minimum Gasteiger partial charge on any atom is -0.459 e. The molecule has 8 nitrogen and oxygen atoms in total. The summed E-state index contributed by atoms with van der Waals surface area (Å²) >= 11 is 0. The number of amides is 3. The number of hydrogen-bond donors (Lipinski definition) is 1. The van der Waals surface area contributed by atoms with Crippen molar-refractivity contribution in [2.75, 3.05) is 20.7 Å². The molecule has 216 valence electrons. The summed E-state index contributed by atoms with van der Waals surface area (Å²) in [5.74, 6) is -3.08. The lowest BCUT2D eigenvalue weighted by Gasteiger charge is -2.18. The summed E-state index contributed by atoms with van der Waals surface area (Å²) in [6, 6.07) is 35.5. The van der Waals surface area contributed by atoms with Crippen molar-refractivity contribution in [2.24, 2.45) is 5.73 Å². The largest absolute Gasteiger partial charge is 0.459 e. The molecule has 4 rings (SSSR count). The number of benzene rings is 4. The predicted octanol–water partition coefficient (Wildman–Crippen LogP) is 4.67. The molecule has 8 heteroatoms. The first-order valence-electron chi connectivity index (χ1n) is 13.5. The van der Waals surface area contributed by atoms with E-state index in [0.29, 0.717) is 13.1 Å². The third kappa shape index (κ3) is 8.63. The lowest BCUT2D eigenvalue weighted by atomic mass is 9.99. The van der Waals surface area contributed by atoms with Crippen LogP contribution in [0.1, 0.15) is 18.1 Å². The van der Waals surface area contributed by atoms with E-state index in [1.807, 2.05) is 109 Å². The Morgan fingerprint density at radius 2 is 0.976 bits per heavy atom. The smallest absolute Gasteiger partial charge is 0.397 e. The maximum atomic E-state index is 11.9. The number of likely N-dealkylation sites (N-methyl/N-ethyl adjacent to an activating group) is 2. The van der Waals surface area contributed by atoms with Gasteiger partial charge in [0.15, 0.2) is 0 Å². The summed E-state index contributed by atoms with van der Waals surface area (Å²) in [7, 11) is 3.16. The van der Waals surface area contributed by atoms with Gasteiger partial charge in [-0.2, -0.15) is 0 Å². The predicted molar refractivity (Wildman–Crippen MR) is 163 cm³/mol. The van der Waals surface area contributed by atoms with Crippen LogP contribution in [0.2, 0.25) is 0 Å². The fourth-order valence-electron chi connectivity index (χ4n) is 4.31. The minimum atomic E-state index is -0.940. The van der Waals surface area contributed by atoms with Crippen molar-refractivity contribution in [1.29, 1.82) is 0 Å². The van der Waals surface area contributed by atoms with Crippen molar-refractivity contribution in [1.82, 2.24) is 9.80 Å². The van der Waals surface area contributed by atoms with E-state index >= 15 is 0 Å². The molecule has 0 aliphatic heterocycles. The Hall–Kier alpha value is -5.24. The van der Waals surface area contributed by atoms with Crippen molar-refractivity contribution in [3.8, 4) is 22.3 Å². The Morgan fingerprint density at radius 1 is 0.595 bits per heavy atom. The van der Waals surface area contributed by atoms with Crippen molar-refractivity contribution < 1.29 is 23.9 Å². The van der Waals surface area contributed by atoms with E-state index in [0.717, 1.165) is 33.4 Å². The van der Waals surface area contributed by atoms with Gasteiger partial charge in [0.1, 0.15) is 0 Å². The van der Waals surface area contributed by atoms with Crippen molar-refractivity contribution in [3.63, 3.8) is 0 Å². The van der Waals surface area contributed by atoms with Crippen LogP contribution >= 0.6 is 0 Å². The Bertz CT molecular complexity index is 1510. The number of carbonyl (C=O) groups excluding carboxylic acids is 4. The van der Waals surface area contributed by atoms with Gasteiger partial charge in [-0.15, -0.1) is 0 Å². The first-order valence-corrected chi connectivity index (χ1v) is 13.5. The summed E-state index contributed by atoms with van der Waals surface area (Å²) in [6.45, 7) is 2.56. The van der Waals surface area contributed by atoms with E-state index in [1.165, 1.54) is 9.80 Å². The molecule has 0 aliphatic carbocycles. The Kier molecular flexibility index (Phi) is 11.6. The molecule has 0 bridgehead atoms. The maximum Gasteiger partial charge on any atom is 0.397 e. The number of carbonyl (C=O) groups is 4. The van der Waals surface area contributed by atoms with Gasteiger partial charge in [-0.1, -0.05) is 109 Å². The lowest BCUT2D eigenvalue weighted by molar-refractivity contribution is -0.159. The number of hydrogen-bond acceptors (Lipinski definition) is 5. The minimum absolute atomic E-state index is 0.193. The highest BCUT2D eigenvalue weighted by Crippen LogP contribution is 2.25. The SMILES string of the molecule is CCOC(=O)C(=O)N(C)Cc1ccccc1-c1ccccc1.CN(Cc1ccccc1-c1ccccc1)C(=O)C(N)=O. The van der Waals surface area contributed by atoms with Gasteiger partial charge >= 0.3 is 23.7 Å². The van der Waals surface area contributed by atoms with Gasteiger partial charge in [-0.3, -0.25) is 14.4 Å². The van der Waals surface area contributed by atoms with E-state index in [-0.39, 0.29) is 6.61 Å². The molecule has 42 heavy (non-hydrogen) atoms. The molecule has 0 aromatic heterocycles. The summed E-state index contributed by atoms with van der Waals surface area (Å²) in [4.78, 5) is 48.6. The molecule has 0 fully saturated rings. The first-order chi connectivity index (χ1) is 20.2. The molecule has 0 heterocycles. The molecule has 0 saturated heterocycles. The highest BCUT2D eigenvalue weighted by Gasteiger charge is 2.21. The zero-order valence-corrected chi connectivity index (χ0v) is 24.0. The van der Waals surface area contributed by atoms with Gasteiger partial charge in [-0.05, 0) is 40.3 Å². The maximum absolute atomic E-state index is 11.9. The molecule has 2 N–H and O–H groups in total. The van der Waals surface area contributed by atoms with E-state index < -0.39 is 23.7 Å². The topological polar surface area (TPSA) is 110 Å². The Labute approximate surface area is 246 Å². The van der Waals surface area contributed by atoms with Crippen molar-refractivity contribution in [2.45, 2.75) is 20.0 Å². The number of nitrogens with zero attached hydrogens (tertiary/aromatic N) is 2. The van der Waals surface area contributed by atoms with Gasteiger partial charge in [-0.25, -0.2) is 4.79 Å². The number of nitrogens with two attached hydrogens (primary N) is 1. The van der Waals surface area contributed by atoms with Crippen LogP contribution in [0.3, 0.4) is 0 Å².